The molecule has 0 radical (unpaired) electrons. The van der Waals surface area contributed by atoms with E-state index in [0.29, 0.717) is 5.09 Å². The van der Waals surface area contributed by atoms with Crippen molar-refractivity contribution < 1.29 is 19.1 Å². The Morgan fingerprint density at radius 3 is 2.45 bits per heavy atom. The highest BCUT2D eigenvalue weighted by Crippen LogP contribution is 2.27. The van der Waals surface area contributed by atoms with E-state index in [1.807, 2.05) is 11.8 Å². The van der Waals surface area contributed by atoms with Crippen LogP contribution in [0.1, 0.15) is 43.2 Å². The molecule has 1 unspecified atom stereocenters. The molecule has 1 atom stereocenters. The van der Waals surface area contributed by atoms with Crippen molar-refractivity contribution >= 4 is 23.6 Å². The molecule has 110 valence electrons. The molecule has 0 aliphatic carbocycles. The summed E-state index contributed by atoms with van der Waals surface area (Å²) in [5.41, 5.74) is 0. The van der Waals surface area contributed by atoms with Crippen LogP contribution >= 0.6 is 11.8 Å². The Balaban J connectivity index is 1.93. The van der Waals surface area contributed by atoms with Crippen LogP contribution in [0.4, 0.5) is 0 Å². The van der Waals surface area contributed by atoms with Gasteiger partial charge in [0.1, 0.15) is 0 Å². The number of carboxylic acid groups (broad SMARTS) is 1. The van der Waals surface area contributed by atoms with Crippen LogP contribution in [0.2, 0.25) is 0 Å². The molecule has 1 aromatic rings. The lowest BCUT2D eigenvalue weighted by Gasteiger charge is -2.23. The largest absolute Gasteiger partial charge is 0.475 e. The summed E-state index contributed by atoms with van der Waals surface area (Å²) in [7, 11) is 0. The van der Waals surface area contributed by atoms with Gasteiger partial charge in [-0.3, -0.25) is 4.79 Å². The second-order valence-electron chi connectivity index (χ2n) is 4.92. The molecule has 0 aromatic carbocycles. The van der Waals surface area contributed by atoms with Gasteiger partial charge in [0, 0.05) is 13.1 Å². The van der Waals surface area contributed by atoms with Crippen LogP contribution in [0.25, 0.3) is 0 Å². The monoisotopic (exact) mass is 297 g/mol. The van der Waals surface area contributed by atoms with Gasteiger partial charge in [-0.15, -0.1) is 0 Å². The van der Waals surface area contributed by atoms with Crippen LogP contribution in [-0.4, -0.2) is 40.2 Å². The van der Waals surface area contributed by atoms with Crippen LogP contribution in [0.15, 0.2) is 21.6 Å². The van der Waals surface area contributed by atoms with Gasteiger partial charge >= 0.3 is 5.97 Å². The van der Waals surface area contributed by atoms with Crippen LogP contribution in [-0.2, 0) is 4.79 Å². The molecule has 20 heavy (non-hydrogen) atoms. The minimum Gasteiger partial charge on any atom is -0.475 e. The van der Waals surface area contributed by atoms with E-state index in [-0.39, 0.29) is 16.9 Å². The normalized spacial score (nSPS) is 17.6. The molecule has 2 heterocycles. The van der Waals surface area contributed by atoms with Crippen LogP contribution < -0.4 is 0 Å². The fraction of sp³-hybridized carbons (Fsp3) is 0.571. The van der Waals surface area contributed by atoms with Gasteiger partial charge in [0.15, 0.2) is 5.09 Å². The lowest BCUT2D eigenvalue weighted by Crippen LogP contribution is -2.37. The molecule has 0 bridgehead atoms. The summed E-state index contributed by atoms with van der Waals surface area (Å²) in [6.45, 7) is 3.48. The second kappa shape index (κ2) is 6.83. The Labute approximate surface area is 122 Å². The predicted octanol–water partition coefficient (Wildman–Crippen LogP) is 2.86. The quantitative estimate of drug-likeness (QED) is 0.865. The number of furan rings is 1. The third kappa shape index (κ3) is 3.79. The van der Waals surface area contributed by atoms with Crippen molar-refractivity contribution in [1.82, 2.24) is 4.90 Å². The SMILES string of the molecule is CC(Sc1ccc(C(=O)O)o1)C(=O)N1CCCCCC1. The summed E-state index contributed by atoms with van der Waals surface area (Å²) >= 11 is 1.27. The van der Waals surface area contributed by atoms with Crippen LogP contribution in [0.5, 0.6) is 0 Å². The first-order chi connectivity index (χ1) is 9.58. The molecule has 1 aliphatic heterocycles. The van der Waals surface area contributed by atoms with Gasteiger partial charge in [0.25, 0.3) is 0 Å². The number of carbonyl (C=O) groups excluding carboxylic acids is 1. The highest BCUT2D eigenvalue weighted by Gasteiger charge is 2.23. The molecule has 1 saturated heterocycles. The van der Waals surface area contributed by atoms with Crippen molar-refractivity contribution in [3.05, 3.63) is 17.9 Å². The number of amides is 1. The molecule has 1 fully saturated rings. The summed E-state index contributed by atoms with van der Waals surface area (Å²) in [5.74, 6) is -1.09. The molecule has 1 aromatic heterocycles. The second-order valence-corrected chi connectivity index (χ2v) is 6.27. The first-order valence-corrected chi connectivity index (χ1v) is 7.74. The van der Waals surface area contributed by atoms with E-state index in [1.54, 1.807) is 6.07 Å². The Bertz CT molecular complexity index is 477. The van der Waals surface area contributed by atoms with E-state index in [1.165, 1.54) is 30.7 Å². The number of hydrogen-bond acceptors (Lipinski definition) is 4. The lowest BCUT2D eigenvalue weighted by atomic mass is 10.2. The molecule has 0 saturated carbocycles. The summed E-state index contributed by atoms with van der Waals surface area (Å²) < 4.78 is 5.17. The van der Waals surface area contributed by atoms with Gasteiger partial charge in [-0.25, -0.2) is 4.79 Å². The molecule has 2 rings (SSSR count). The predicted molar refractivity (Wildman–Crippen MR) is 76.0 cm³/mol. The molecular formula is C14H19NO4S. The van der Waals surface area contributed by atoms with Crippen molar-refractivity contribution in [3.63, 3.8) is 0 Å². The van der Waals surface area contributed by atoms with Gasteiger partial charge in [0.2, 0.25) is 11.7 Å². The summed E-state index contributed by atoms with van der Waals surface area (Å²) in [6, 6.07) is 3.01. The smallest absolute Gasteiger partial charge is 0.371 e. The lowest BCUT2D eigenvalue weighted by molar-refractivity contribution is -0.130. The summed E-state index contributed by atoms with van der Waals surface area (Å²) in [6.07, 6.45) is 4.50. The number of nitrogens with zero attached hydrogens (tertiary/aromatic N) is 1. The number of thioether (sulfide) groups is 1. The van der Waals surface area contributed by atoms with E-state index in [9.17, 15) is 9.59 Å². The highest BCUT2D eigenvalue weighted by atomic mass is 32.2. The maximum Gasteiger partial charge on any atom is 0.371 e. The number of likely N-dealkylation sites (tertiary alicyclic amines) is 1. The van der Waals surface area contributed by atoms with E-state index >= 15 is 0 Å². The average molecular weight is 297 g/mol. The van der Waals surface area contributed by atoms with Gasteiger partial charge in [0.05, 0.1) is 5.25 Å². The van der Waals surface area contributed by atoms with Crippen molar-refractivity contribution in [1.29, 1.82) is 0 Å². The third-order valence-electron chi connectivity index (χ3n) is 3.35. The maximum atomic E-state index is 12.3. The number of hydrogen-bond donors (Lipinski definition) is 1. The summed E-state index contributed by atoms with van der Waals surface area (Å²) in [4.78, 5) is 25.0. The number of carbonyl (C=O) groups is 2. The van der Waals surface area contributed by atoms with Gasteiger partial charge in [-0.2, -0.15) is 0 Å². The zero-order valence-electron chi connectivity index (χ0n) is 11.5. The van der Waals surface area contributed by atoms with Crippen LogP contribution in [0.3, 0.4) is 0 Å². The van der Waals surface area contributed by atoms with E-state index in [0.717, 1.165) is 25.9 Å². The number of aromatic carboxylic acids is 1. The number of rotatable bonds is 4. The molecule has 5 nitrogen and oxygen atoms in total. The topological polar surface area (TPSA) is 70.7 Å². The molecule has 1 aliphatic rings. The fourth-order valence-corrected chi connectivity index (χ4v) is 3.15. The molecule has 0 spiro atoms. The standard InChI is InChI=1S/C14H19NO4S/c1-10(13(16)15-8-4-2-3-5-9-15)20-12-7-6-11(19-12)14(17)18/h6-7,10H,2-5,8-9H2,1H3,(H,17,18). The maximum absolute atomic E-state index is 12.3. The molecular weight excluding hydrogens is 278 g/mol. The van der Waals surface area contributed by atoms with Gasteiger partial charge in [-0.1, -0.05) is 24.6 Å². The van der Waals surface area contributed by atoms with E-state index < -0.39 is 5.97 Å². The zero-order valence-corrected chi connectivity index (χ0v) is 12.3. The Kier molecular flexibility index (Phi) is 5.11. The molecule has 1 N–H and O–H groups in total. The highest BCUT2D eigenvalue weighted by molar-refractivity contribution is 8.00. The molecule has 1 amide bonds. The minimum atomic E-state index is -1.09. The van der Waals surface area contributed by atoms with Crippen molar-refractivity contribution in [2.75, 3.05) is 13.1 Å². The first-order valence-electron chi connectivity index (χ1n) is 6.86. The number of carboxylic acids is 1. The Morgan fingerprint density at radius 1 is 1.25 bits per heavy atom. The first kappa shape index (κ1) is 15.0. The Hall–Kier alpha value is -1.43. The van der Waals surface area contributed by atoms with Gasteiger partial charge < -0.3 is 14.4 Å². The zero-order chi connectivity index (χ0) is 14.5. The summed E-state index contributed by atoms with van der Waals surface area (Å²) in [5, 5.41) is 9.01. The van der Waals surface area contributed by atoms with E-state index in [4.69, 9.17) is 9.52 Å². The van der Waals surface area contributed by atoms with Crippen LogP contribution in [0, 0.1) is 0 Å². The Morgan fingerprint density at radius 2 is 1.90 bits per heavy atom. The van der Waals surface area contributed by atoms with E-state index in [2.05, 4.69) is 0 Å². The molecule has 6 heteroatoms. The van der Waals surface area contributed by atoms with Gasteiger partial charge in [-0.05, 0) is 31.9 Å². The third-order valence-corrected chi connectivity index (χ3v) is 4.36. The van der Waals surface area contributed by atoms with Crippen molar-refractivity contribution in [2.45, 2.75) is 42.9 Å². The average Bonchev–Trinajstić information content (AvgIpc) is 2.72. The fourth-order valence-electron chi connectivity index (χ4n) is 2.27. The van der Waals surface area contributed by atoms with Crippen molar-refractivity contribution in [3.8, 4) is 0 Å². The minimum absolute atomic E-state index is 0.0954. The van der Waals surface area contributed by atoms with Crippen molar-refractivity contribution in [2.24, 2.45) is 0 Å².